The van der Waals surface area contributed by atoms with E-state index in [0.29, 0.717) is 5.92 Å². The van der Waals surface area contributed by atoms with E-state index in [1.807, 2.05) is 6.08 Å². The normalized spacial score (nSPS) is 50.6. The van der Waals surface area contributed by atoms with Gasteiger partial charge < -0.3 is 10.2 Å². The van der Waals surface area contributed by atoms with E-state index in [2.05, 4.69) is 6.08 Å². The van der Waals surface area contributed by atoms with Gasteiger partial charge in [0.1, 0.15) is 0 Å². The third kappa shape index (κ3) is 0.662. The van der Waals surface area contributed by atoms with Gasteiger partial charge in [0.2, 0.25) is 0 Å². The second kappa shape index (κ2) is 1.83. The monoisotopic (exact) mass is 140 g/mol. The predicted octanol–water partition coefficient (Wildman–Crippen LogP) is 0.306. The molecule has 2 heteroatoms. The smallest absolute Gasteiger partial charge is 0.0945 e. The summed E-state index contributed by atoms with van der Waals surface area (Å²) in [6.45, 7) is -0.0848. The van der Waals surface area contributed by atoms with Gasteiger partial charge in [-0.05, 0) is 18.8 Å². The van der Waals surface area contributed by atoms with Crippen molar-refractivity contribution in [2.45, 2.75) is 18.4 Å². The number of rotatable bonds is 1. The largest absolute Gasteiger partial charge is 0.393 e. The highest BCUT2D eigenvalue weighted by molar-refractivity contribution is 5.16. The Morgan fingerprint density at radius 3 is 2.60 bits per heavy atom. The van der Waals surface area contributed by atoms with Crippen molar-refractivity contribution in [3.8, 4) is 0 Å². The maximum atomic E-state index is 9.69. The first-order valence-corrected chi connectivity index (χ1v) is 3.76. The van der Waals surface area contributed by atoms with Crippen LogP contribution >= 0.6 is 0 Å². The van der Waals surface area contributed by atoms with Crippen molar-refractivity contribution in [2.75, 3.05) is 6.61 Å². The fourth-order valence-electron chi connectivity index (χ4n) is 2.11. The van der Waals surface area contributed by atoms with E-state index in [0.717, 1.165) is 12.8 Å². The van der Waals surface area contributed by atoms with Crippen LogP contribution in [0, 0.1) is 11.8 Å². The topological polar surface area (TPSA) is 40.5 Å². The molecule has 0 amide bonds. The van der Waals surface area contributed by atoms with Crippen LogP contribution in [0.2, 0.25) is 0 Å². The summed E-state index contributed by atoms with van der Waals surface area (Å²) in [6, 6.07) is 0. The molecule has 2 bridgehead atoms. The van der Waals surface area contributed by atoms with E-state index in [9.17, 15) is 5.11 Å². The maximum absolute atomic E-state index is 9.69. The van der Waals surface area contributed by atoms with Gasteiger partial charge >= 0.3 is 0 Å². The van der Waals surface area contributed by atoms with Crippen LogP contribution in [0.25, 0.3) is 0 Å². The molecule has 2 nitrogen and oxygen atoms in total. The molecule has 2 N–H and O–H groups in total. The molecular formula is C8H12O2. The molecular weight excluding hydrogens is 128 g/mol. The van der Waals surface area contributed by atoms with E-state index >= 15 is 0 Å². The number of hydrogen-bond donors (Lipinski definition) is 2. The summed E-state index contributed by atoms with van der Waals surface area (Å²) in [5.41, 5.74) is -0.778. The third-order valence-electron chi connectivity index (χ3n) is 2.75. The molecule has 1 fully saturated rings. The van der Waals surface area contributed by atoms with Crippen LogP contribution in [0.4, 0.5) is 0 Å². The molecule has 0 aromatic carbocycles. The van der Waals surface area contributed by atoms with E-state index in [-0.39, 0.29) is 12.5 Å². The van der Waals surface area contributed by atoms with Crippen molar-refractivity contribution < 1.29 is 10.2 Å². The van der Waals surface area contributed by atoms with Crippen LogP contribution in [0.1, 0.15) is 12.8 Å². The standard InChI is InChI=1S/C8H12O2/c9-5-8(10)4-6-1-2-7(8)3-6/h1-2,6-7,9-10H,3-5H2/t6-,7+,8-/m0/s1. The highest BCUT2D eigenvalue weighted by Crippen LogP contribution is 2.45. The first-order chi connectivity index (χ1) is 4.74. The van der Waals surface area contributed by atoms with Crippen LogP contribution in [0.3, 0.4) is 0 Å². The minimum absolute atomic E-state index is 0.0848. The molecule has 3 atom stereocenters. The number of aliphatic hydroxyl groups excluding tert-OH is 1. The van der Waals surface area contributed by atoms with Gasteiger partial charge in [-0.1, -0.05) is 12.2 Å². The predicted molar refractivity (Wildman–Crippen MR) is 37.4 cm³/mol. The fraction of sp³-hybridized carbons (Fsp3) is 0.750. The molecule has 56 valence electrons. The summed E-state index contributed by atoms with van der Waals surface area (Å²) < 4.78 is 0. The minimum Gasteiger partial charge on any atom is -0.393 e. The van der Waals surface area contributed by atoms with Gasteiger partial charge in [-0.15, -0.1) is 0 Å². The fourth-order valence-corrected chi connectivity index (χ4v) is 2.11. The third-order valence-corrected chi connectivity index (χ3v) is 2.75. The average Bonchev–Trinajstić information content (AvgIpc) is 2.46. The number of fused-ring (bicyclic) bond motifs is 2. The van der Waals surface area contributed by atoms with Gasteiger partial charge in [-0.3, -0.25) is 0 Å². The molecule has 0 saturated heterocycles. The van der Waals surface area contributed by atoms with E-state index < -0.39 is 5.60 Å². The van der Waals surface area contributed by atoms with Crippen LogP contribution in [-0.2, 0) is 0 Å². The zero-order chi connectivity index (χ0) is 7.19. The number of allylic oxidation sites excluding steroid dienone is 1. The number of aliphatic hydroxyl groups is 2. The first kappa shape index (κ1) is 6.38. The SMILES string of the molecule is OC[C@@]1(O)C[C@H]2C=C[C@@H]1C2. The van der Waals surface area contributed by atoms with E-state index in [1.54, 1.807) is 0 Å². The molecule has 0 aromatic rings. The Bertz CT molecular complexity index is 176. The van der Waals surface area contributed by atoms with Crippen LogP contribution in [0.15, 0.2) is 12.2 Å². The zero-order valence-corrected chi connectivity index (χ0v) is 5.83. The second-order valence-corrected chi connectivity index (χ2v) is 3.45. The molecule has 0 radical (unpaired) electrons. The summed E-state index contributed by atoms with van der Waals surface area (Å²) in [6.07, 6.45) is 5.97. The summed E-state index contributed by atoms with van der Waals surface area (Å²) in [4.78, 5) is 0. The average molecular weight is 140 g/mol. The quantitative estimate of drug-likeness (QED) is 0.514. The van der Waals surface area contributed by atoms with Crippen LogP contribution in [-0.4, -0.2) is 22.4 Å². The van der Waals surface area contributed by atoms with Gasteiger partial charge in [0.15, 0.2) is 0 Å². The summed E-state index contributed by atoms with van der Waals surface area (Å²) in [7, 11) is 0. The maximum Gasteiger partial charge on any atom is 0.0945 e. The van der Waals surface area contributed by atoms with Crippen molar-refractivity contribution in [1.82, 2.24) is 0 Å². The second-order valence-electron chi connectivity index (χ2n) is 3.45. The van der Waals surface area contributed by atoms with Gasteiger partial charge in [-0.2, -0.15) is 0 Å². The Balaban J connectivity index is 2.22. The number of hydrogen-bond acceptors (Lipinski definition) is 2. The lowest BCUT2D eigenvalue weighted by atomic mass is 9.89. The highest BCUT2D eigenvalue weighted by Gasteiger charge is 2.46. The highest BCUT2D eigenvalue weighted by atomic mass is 16.3. The first-order valence-electron chi connectivity index (χ1n) is 3.76. The summed E-state index contributed by atoms with van der Waals surface area (Å²) in [5.74, 6) is 0.754. The molecule has 0 unspecified atom stereocenters. The molecule has 10 heavy (non-hydrogen) atoms. The molecule has 0 spiro atoms. The Labute approximate surface area is 60.2 Å². The van der Waals surface area contributed by atoms with Crippen molar-refractivity contribution in [3.05, 3.63) is 12.2 Å². The Hall–Kier alpha value is -0.340. The van der Waals surface area contributed by atoms with Gasteiger partial charge in [0, 0.05) is 5.92 Å². The van der Waals surface area contributed by atoms with Gasteiger partial charge in [0.25, 0.3) is 0 Å². The molecule has 0 heterocycles. The minimum atomic E-state index is -0.778. The van der Waals surface area contributed by atoms with E-state index in [1.165, 1.54) is 0 Å². The lowest BCUT2D eigenvalue weighted by Gasteiger charge is -2.26. The lowest BCUT2D eigenvalue weighted by Crippen LogP contribution is -2.37. The molecule has 1 saturated carbocycles. The molecule has 2 aliphatic carbocycles. The van der Waals surface area contributed by atoms with Crippen LogP contribution in [0.5, 0.6) is 0 Å². The molecule has 0 aliphatic heterocycles. The Morgan fingerprint density at radius 2 is 2.30 bits per heavy atom. The molecule has 2 rings (SSSR count). The Morgan fingerprint density at radius 1 is 1.50 bits per heavy atom. The van der Waals surface area contributed by atoms with Crippen molar-refractivity contribution in [1.29, 1.82) is 0 Å². The van der Waals surface area contributed by atoms with E-state index in [4.69, 9.17) is 5.11 Å². The van der Waals surface area contributed by atoms with Crippen molar-refractivity contribution >= 4 is 0 Å². The summed E-state index contributed by atoms with van der Waals surface area (Å²) in [5, 5.41) is 18.6. The van der Waals surface area contributed by atoms with Crippen molar-refractivity contribution in [3.63, 3.8) is 0 Å². The Kier molecular flexibility index (Phi) is 1.17. The lowest BCUT2D eigenvalue weighted by molar-refractivity contribution is -0.0346. The summed E-state index contributed by atoms with van der Waals surface area (Å²) >= 11 is 0. The van der Waals surface area contributed by atoms with Crippen molar-refractivity contribution in [2.24, 2.45) is 11.8 Å². The van der Waals surface area contributed by atoms with Gasteiger partial charge in [0.05, 0.1) is 12.2 Å². The molecule has 0 aromatic heterocycles. The van der Waals surface area contributed by atoms with Gasteiger partial charge in [-0.25, -0.2) is 0 Å². The zero-order valence-electron chi connectivity index (χ0n) is 5.83. The molecule has 2 aliphatic rings. The van der Waals surface area contributed by atoms with Crippen LogP contribution < -0.4 is 0 Å².